The van der Waals surface area contributed by atoms with Crippen molar-refractivity contribution in [2.75, 3.05) is 6.54 Å². The van der Waals surface area contributed by atoms with Gasteiger partial charge < -0.3 is 10.1 Å². The Morgan fingerprint density at radius 2 is 2.44 bits per heavy atom. The minimum atomic E-state index is 0.341. The lowest BCUT2D eigenvalue weighted by molar-refractivity contribution is 0.0546. The van der Waals surface area contributed by atoms with E-state index in [2.05, 4.69) is 30.2 Å². The van der Waals surface area contributed by atoms with Crippen molar-refractivity contribution >= 4 is 0 Å². The maximum atomic E-state index is 5.77. The summed E-state index contributed by atoms with van der Waals surface area (Å²) in [5.74, 6) is 0. The van der Waals surface area contributed by atoms with Gasteiger partial charge in [-0.15, -0.1) is 0 Å². The highest BCUT2D eigenvalue weighted by atomic mass is 16.5. The number of nitrogens with zero attached hydrogens (tertiary/aromatic N) is 1. The molecule has 1 aliphatic heterocycles. The summed E-state index contributed by atoms with van der Waals surface area (Å²) >= 11 is 0. The zero-order valence-corrected chi connectivity index (χ0v) is 10.0. The number of aromatic nitrogens is 1. The molecular formula is C13H20N2O. The molecule has 3 heteroatoms. The molecule has 1 fully saturated rings. The van der Waals surface area contributed by atoms with Crippen molar-refractivity contribution in [3.63, 3.8) is 0 Å². The van der Waals surface area contributed by atoms with Crippen LogP contribution in [0.1, 0.15) is 38.3 Å². The van der Waals surface area contributed by atoms with Gasteiger partial charge in [0, 0.05) is 25.0 Å². The average Bonchev–Trinajstić information content (AvgIpc) is 2.73. The first-order chi connectivity index (χ1) is 7.75. The Bertz CT molecular complexity index is 315. The van der Waals surface area contributed by atoms with Crippen molar-refractivity contribution in [1.82, 2.24) is 10.3 Å². The van der Waals surface area contributed by atoms with Gasteiger partial charge in [0.1, 0.15) is 0 Å². The molecule has 1 saturated heterocycles. The third kappa shape index (κ3) is 3.03. The molecule has 2 heterocycles. The second kappa shape index (κ2) is 5.41. The van der Waals surface area contributed by atoms with Crippen molar-refractivity contribution in [2.45, 2.75) is 44.9 Å². The van der Waals surface area contributed by atoms with Crippen molar-refractivity contribution in [3.8, 4) is 0 Å². The van der Waals surface area contributed by atoms with Gasteiger partial charge in [0.2, 0.25) is 0 Å². The lowest BCUT2D eigenvalue weighted by Crippen LogP contribution is -2.29. The van der Waals surface area contributed by atoms with Crippen LogP contribution < -0.4 is 5.32 Å². The molecule has 0 bridgehead atoms. The number of hydrogen-bond donors (Lipinski definition) is 1. The predicted octanol–water partition coefficient (Wildman–Crippen LogP) is 2.30. The van der Waals surface area contributed by atoms with E-state index in [9.17, 15) is 0 Å². The van der Waals surface area contributed by atoms with Crippen LogP contribution in [0.4, 0.5) is 0 Å². The molecule has 1 aliphatic rings. The number of pyridine rings is 1. The SMILES string of the molecule is CC1CCC(CN[C@@H](C)c2cccnc2)O1. The maximum Gasteiger partial charge on any atom is 0.0704 e. The molecule has 0 aliphatic carbocycles. The summed E-state index contributed by atoms with van der Waals surface area (Å²) in [5.41, 5.74) is 1.23. The Balaban J connectivity index is 1.78. The number of nitrogens with one attached hydrogen (secondary N) is 1. The first kappa shape index (κ1) is 11.6. The fraction of sp³-hybridized carbons (Fsp3) is 0.615. The minimum absolute atomic E-state index is 0.341. The van der Waals surface area contributed by atoms with Gasteiger partial charge in [0.15, 0.2) is 0 Å². The van der Waals surface area contributed by atoms with Gasteiger partial charge in [-0.05, 0) is 38.3 Å². The van der Waals surface area contributed by atoms with E-state index in [1.54, 1.807) is 6.20 Å². The lowest BCUT2D eigenvalue weighted by Gasteiger charge is -2.17. The van der Waals surface area contributed by atoms with E-state index in [1.165, 1.54) is 18.4 Å². The molecule has 0 aromatic carbocycles. The molecule has 0 spiro atoms. The molecule has 0 radical (unpaired) electrons. The quantitative estimate of drug-likeness (QED) is 0.845. The minimum Gasteiger partial charge on any atom is -0.374 e. The first-order valence-electron chi connectivity index (χ1n) is 6.04. The van der Waals surface area contributed by atoms with Crippen molar-refractivity contribution in [1.29, 1.82) is 0 Å². The normalized spacial score (nSPS) is 26.9. The largest absolute Gasteiger partial charge is 0.374 e. The molecule has 0 saturated carbocycles. The van der Waals surface area contributed by atoms with Crippen LogP contribution >= 0.6 is 0 Å². The van der Waals surface area contributed by atoms with Crippen LogP contribution in [-0.2, 0) is 4.74 Å². The molecule has 3 atom stereocenters. The molecule has 1 aromatic heterocycles. The highest BCUT2D eigenvalue weighted by molar-refractivity contribution is 5.12. The van der Waals surface area contributed by atoms with Crippen molar-refractivity contribution in [2.24, 2.45) is 0 Å². The molecule has 3 nitrogen and oxygen atoms in total. The Kier molecular flexibility index (Phi) is 3.91. The fourth-order valence-corrected chi connectivity index (χ4v) is 2.09. The molecule has 0 amide bonds. The number of ether oxygens (including phenoxy) is 1. The van der Waals surface area contributed by atoms with Gasteiger partial charge >= 0.3 is 0 Å². The summed E-state index contributed by atoms with van der Waals surface area (Å²) in [6.07, 6.45) is 6.89. The number of hydrogen-bond acceptors (Lipinski definition) is 3. The van der Waals surface area contributed by atoms with E-state index in [0.29, 0.717) is 18.2 Å². The Morgan fingerprint density at radius 3 is 3.06 bits per heavy atom. The van der Waals surface area contributed by atoms with E-state index < -0.39 is 0 Å². The zero-order valence-electron chi connectivity index (χ0n) is 10.0. The summed E-state index contributed by atoms with van der Waals surface area (Å²) in [6, 6.07) is 4.41. The van der Waals surface area contributed by atoms with Crippen LogP contribution in [0.3, 0.4) is 0 Å². The van der Waals surface area contributed by atoms with Crippen LogP contribution in [-0.4, -0.2) is 23.7 Å². The van der Waals surface area contributed by atoms with E-state index in [4.69, 9.17) is 4.74 Å². The van der Waals surface area contributed by atoms with Gasteiger partial charge in [0.05, 0.1) is 12.2 Å². The maximum absolute atomic E-state index is 5.77. The Labute approximate surface area is 97.2 Å². The Morgan fingerprint density at radius 1 is 1.56 bits per heavy atom. The summed E-state index contributed by atoms with van der Waals surface area (Å²) in [4.78, 5) is 4.13. The van der Waals surface area contributed by atoms with Crippen molar-refractivity contribution < 1.29 is 4.74 Å². The average molecular weight is 220 g/mol. The highest BCUT2D eigenvalue weighted by Crippen LogP contribution is 2.19. The third-order valence-electron chi connectivity index (χ3n) is 3.16. The molecule has 2 rings (SSSR count). The molecule has 88 valence electrons. The number of rotatable bonds is 4. The zero-order chi connectivity index (χ0) is 11.4. The van der Waals surface area contributed by atoms with E-state index in [1.807, 2.05) is 12.3 Å². The summed E-state index contributed by atoms with van der Waals surface area (Å²) in [5, 5.41) is 3.50. The summed E-state index contributed by atoms with van der Waals surface area (Å²) in [6.45, 7) is 5.24. The predicted molar refractivity (Wildman–Crippen MR) is 64.2 cm³/mol. The van der Waals surface area contributed by atoms with E-state index in [0.717, 1.165) is 6.54 Å². The standard InChI is InChI=1S/C13H20N2O/c1-10-5-6-13(16-10)9-15-11(2)12-4-3-7-14-8-12/h3-4,7-8,10-11,13,15H,5-6,9H2,1-2H3/t10?,11-,13?/m0/s1. The summed E-state index contributed by atoms with van der Waals surface area (Å²) < 4.78 is 5.77. The van der Waals surface area contributed by atoms with Crippen molar-refractivity contribution in [3.05, 3.63) is 30.1 Å². The third-order valence-corrected chi connectivity index (χ3v) is 3.16. The van der Waals surface area contributed by atoms with Crippen LogP contribution in [0, 0.1) is 0 Å². The second-order valence-corrected chi connectivity index (χ2v) is 4.56. The first-order valence-corrected chi connectivity index (χ1v) is 6.04. The highest BCUT2D eigenvalue weighted by Gasteiger charge is 2.21. The molecule has 1 aromatic rings. The van der Waals surface area contributed by atoms with Gasteiger partial charge in [-0.3, -0.25) is 4.98 Å². The molecular weight excluding hydrogens is 200 g/mol. The second-order valence-electron chi connectivity index (χ2n) is 4.56. The molecule has 16 heavy (non-hydrogen) atoms. The van der Waals surface area contributed by atoms with Crippen LogP contribution in [0.15, 0.2) is 24.5 Å². The van der Waals surface area contributed by atoms with E-state index >= 15 is 0 Å². The molecule has 1 N–H and O–H groups in total. The van der Waals surface area contributed by atoms with E-state index in [-0.39, 0.29) is 0 Å². The lowest BCUT2D eigenvalue weighted by atomic mass is 10.1. The van der Waals surface area contributed by atoms with Crippen LogP contribution in [0.5, 0.6) is 0 Å². The Hall–Kier alpha value is -0.930. The smallest absolute Gasteiger partial charge is 0.0704 e. The molecule has 2 unspecified atom stereocenters. The fourth-order valence-electron chi connectivity index (χ4n) is 2.09. The summed E-state index contributed by atoms with van der Waals surface area (Å²) in [7, 11) is 0. The van der Waals surface area contributed by atoms with Gasteiger partial charge in [-0.2, -0.15) is 0 Å². The van der Waals surface area contributed by atoms with Gasteiger partial charge in [0.25, 0.3) is 0 Å². The topological polar surface area (TPSA) is 34.2 Å². The monoisotopic (exact) mass is 220 g/mol. The van der Waals surface area contributed by atoms with Crippen LogP contribution in [0.25, 0.3) is 0 Å². The van der Waals surface area contributed by atoms with Gasteiger partial charge in [-0.25, -0.2) is 0 Å². The van der Waals surface area contributed by atoms with Crippen LogP contribution in [0.2, 0.25) is 0 Å². The van der Waals surface area contributed by atoms with Gasteiger partial charge in [-0.1, -0.05) is 6.07 Å².